The zero-order valence-electron chi connectivity index (χ0n) is 9.85. The lowest BCUT2D eigenvalue weighted by Crippen LogP contribution is -2.32. The van der Waals surface area contributed by atoms with E-state index in [1.807, 2.05) is 0 Å². The first-order valence-electron chi connectivity index (χ1n) is 5.19. The molecule has 0 aliphatic carbocycles. The fraction of sp³-hybridized carbons (Fsp3) is 0.300. The molecule has 5 nitrogen and oxygen atoms in total. The van der Waals surface area contributed by atoms with E-state index in [9.17, 15) is 10.1 Å². The zero-order chi connectivity index (χ0) is 12.6. The summed E-state index contributed by atoms with van der Waals surface area (Å²) in [4.78, 5) is 13.7. The summed E-state index contributed by atoms with van der Waals surface area (Å²) in [7, 11) is -1.50. The zero-order valence-corrected chi connectivity index (χ0v) is 11.7. The highest BCUT2D eigenvalue weighted by atomic mass is 32.1. The van der Waals surface area contributed by atoms with Gasteiger partial charge in [0.1, 0.15) is 14.1 Å². The van der Waals surface area contributed by atoms with Gasteiger partial charge in [-0.05, 0) is 17.6 Å². The van der Waals surface area contributed by atoms with Crippen molar-refractivity contribution in [1.29, 1.82) is 0 Å². The maximum Gasteiger partial charge on any atom is 0.270 e. The number of hydrogen-bond donors (Lipinski definition) is 1. The normalized spacial score (nSPS) is 11.7. The van der Waals surface area contributed by atoms with Crippen LogP contribution in [0.4, 0.5) is 11.5 Å². The molecular formula is C10H13N3O2SSi. The molecular weight excluding hydrogens is 254 g/mol. The Morgan fingerprint density at radius 2 is 2.12 bits per heavy atom. The van der Waals surface area contributed by atoms with E-state index in [-0.39, 0.29) is 10.6 Å². The van der Waals surface area contributed by atoms with Crippen molar-refractivity contribution in [2.45, 2.75) is 19.6 Å². The molecule has 1 heterocycles. The number of nitro groups is 1. The van der Waals surface area contributed by atoms with Gasteiger partial charge in [-0.2, -0.15) is 4.37 Å². The molecule has 17 heavy (non-hydrogen) atoms. The third kappa shape index (κ3) is 2.61. The van der Waals surface area contributed by atoms with Gasteiger partial charge in [-0.15, -0.1) is 0 Å². The molecule has 0 amide bonds. The minimum atomic E-state index is -1.50. The van der Waals surface area contributed by atoms with Crippen LogP contribution in [0.2, 0.25) is 19.6 Å². The molecule has 0 atom stereocenters. The molecule has 0 aliphatic rings. The number of nitro benzene ring substituents is 1. The number of fused-ring (bicyclic) bond motifs is 1. The number of non-ortho nitro benzene ring substituents is 1. The van der Waals surface area contributed by atoms with Crippen molar-refractivity contribution in [2.24, 2.45) is 0 Å². The molecule has 7 heteroatoms. The van der Waals surface area contributed by atoms with Crippen LogP contribution >= 0.6 is 11.5 Å². The van der Waals surface area contributed by atoms with E-state index in [0.29, 0.717) is 0 Å². The van der Waals surface area contributed by atoms with Crippen LogP contribution in [0.15, 0.2) is 18.2 Å². The maximum atomic E-state index is 10.7. The molecule has 0 radical (unpaired) electrons. The van der Waals surface area contributed by atoms with E-state index in [4.69, 9.17) is 0 Å². The smallest absolute Gasteiger partial charge is 0.270 e. The summed E-state index contributed by atoms with van der Waals surface area (Å²) in [6, 6.07) is 4.85. The SMILES string of the molecule is C[Si](C)(C)Nc1nsc2ccc([N+](=O)[O-])cc12. The monoisotopic (exact) mass is 267 g/mol. The third-order valence-corrected chi connectivity index (χ3v) is 3.97. The number of anilines is 1. The fourth-order valence-electron chi connectivity index (χ4n) is 1.49. The molecule has 0 unspecified atom stereocenters. The minimum absolute atomic E-state index is 0.108. The lowest BCUT2D eigenvalue weighted by Gasteiger charge is -2.17. The van der Waals surface area contributed by atoms with Crippen molar-refractivity contribution in [3.8, 4) is 0 Å². The van der Waals surface area contributed by atoms with E-state index in [1.54, 1.807) is 12.1 Å². The Balaban J connectivity index is 2.50. The van der Waals surface area contributed by atoms with Crippen LogP contribution in [0.25, 0.3) is 10.1 Å². The summed E-state index contributed by atoms with van der Waals surface area (Å²) in [6.45, 7) is 6.49. The van der Waals surface area contributed by atoms with E-state index >= 15 is 0 Å². The minimum Gasteiger partial charge on any atom is -0.395 e. The topological polar surface area (TPSA) is 68.1 Å². The van der Waals surface area contributed by atoms with Crippen molar-refractivity contribution in [3.05, 3.63) is 28.3 Å². The predicted octanol–water partition coefficient (Wildman–Crippen LogP) is 3.45. The van der Waals surface area contributed by atoms with Crippen LogP contribution < -0.4 is 4.98 Å². The number of aromatic nitrogens is 1. The van der Waals surface area contributed by atoms with Gasteiger partial charge in [0.25, 0.3) is 5.69 Å². The molecule has 2 rings (SSSR count). The Bertz CT molecular complexity index is 576. The largest absolute Gasteiger partial charge is 0.395 e. The molecule has 0 fully saturated rings. The van der Waals surface area contributed by atoms with Crippen molar-refractivity contribution < 1.29 is 4.92 Å². The maximum absolute atomic E-state index is 10.7. The van der Waals surface area contributed by atoms with Gasteiger partial charge in [0.2, 0.25) is 0 Å². The van der Waals surface area contributed by atoms with Gasteiger partial charge in [-0.1, -0.05) is 19.6 Å². The molecule has 0 aliphatic heterocycles. The second-order valence-corrected chi connectivity index (χ2v) is 10.4. The molecule has 0 bridgehead atoms. The summed E-state index contributed by atoms with van der Waals surface area (Å²) >= 11 is 1.36. The summed E-state index contributed by atoms with van der Waals surface area (Å²) in [5.41, 5.74) is 0.108. The standard InChI is InChI=1S/C10H13N3O2SSi/c1-17(2,3)12-10-8-6-7(13(14)15)4-5-9(8)16-11-10/h4-6H,1-3H3,(H,11,12). The van der Waals surface area contributed by atoms with Gasteiger partial charge < -0.3 is 4.98 Å². The van der Waals surface area contributed by atoms with Crippen molar-refractivity contribution in [2.75, 3.05) is 4.98 Å². The Hall–Kier alpha value is -1.47. The second-order valence-electron chi connectivity index (χ2n) is 4.84. The van der Waals surface area contributed by atoms with Crippen LogP contribution in [0.1, 0.15) is 0 Å². The summed E-state index contributed by atoms with van der Waals surface area (Å²) < 4.78 is 5.29. The molecule has 0 spiro atoms. The number of benzene rings is 1. The second kappa shape index (κ2) is 4.08. The quantitative estimate of drug-likeness (QED) is 0.525. The molecule has 1 aromatic heterocycles. The van der Waals surface area contributed by atoms with E-state index < -0.39 is 8.24 Å². The van der Waals surface area contributed by atoms with E-state index in [0.717, 1.165) is 15.9 Å². The lowest BCUT2D eigenvalue weighted by molar-refractivity contribution is -0.384. The van der Waals surface area contributed by atoms with Crippen LogP contribution in [0.3, 0.4) is 0 Å². The van der Waals surface area contributed by atoms with Crippen molar-refractivity contribution in [3.63, 3.8) is 0 Å². The van der Waals surface area contributed by atoms with Crippen molar-refractivity contribution >= 4 is 41.4 Å². The van der Waals surface area contributed by atoms with Gasteiger partial charge in [-0.3, -0.25) is 10.1 Å². The van der Waals surface area contributed by atoms with Crippen molar-refractivity contribution in [1.82, 2.24) is 4.37 Å². The molecule has 2 aromatic rings. The summed E-state index contributed by atoms with van der Waals surface area (Å²) in [6.07, 6.45) is 0. The van der Waals surface area contributed by atoms with Gasteiger partial charge in [0.15, 0.2) is 0 Å². The van der Waals surface area contributed by atoms with Gasteiger partial charge >= 0.3 is 0 Å². The fourth-order valence-corrected chi connectivity index (χ4v) is 3.18. The van der Waals surface area contributed by atoms with Crippen LogP contribution in [-0.2, 0) is 0 Å². The molecule has 1 N–H and O–H groups in total. The Morgan fingerprint density at radius 3 is 2.71 bits per heavy atom. The number of nitrogens with zero attached hydrogens (tertiary/aromatic N) is 2. The molecule has 0 saturated heterocycles. The van der Waals surface area contributed by atoms with E-state index in [2.05, 4.69) is 29.0 Å². The number of hydrogen-bond acceptors (Lipinski definition) is 5. The molecule has 0 saturated carbocycles. The summed E-state index contributed by atoms with van der Waals surface area (Å²) in [5.74, 6) is 0.771. The van der Waals surface area contributed by atoms with Crippen LogP contribution in [0, 0.1) is 10.1 Å². The Morgan fingerprint density at radius 1 is 1.41 bits per heavy atom. The molecule has 1 aromatic carbocycles. The lowest BCUT2D eigenvalue weighted by atomic mass is 10.2. The van der Waals surface area contributed by atoms with Gasteiger partial charge in [0.05, 0.1) is 9.62 Å². The summed E-state index contributed by atoms with van der Waals surface area (Å²) in [5, 5.41) is 11.6. The first kappa shape index (κ1) is 12.0. The van der Waals surface area contributed by atoms with Crippen LogP contribution in [0.5, 0.6) is 0 Å². The van der Waals surface area contributed by atoms with E-state index in [1.165, 1.54) is 17.6 Å². The van der Waals surface area contributed by atoms with Crippen LogP contribution in [-0.4, -0.2) is 17.5 Å². The third-order valence-electron chi connectivity index (χ3n) is 2.16. The average Bonchev–Trinajstić information content (AvgIpc) is 2.58. The number of nitrogens with one attached hydrogen (secondary N) is 1. The van der Waals surface area contributed by atoms with Gasteiger partial charge in [0, 0.05) is 17.5 Å². The highest BCUT2D eigenvalue weighted by Gasteiger charge is 2.18. The first-order chi connectivity index (χ1) is 7.87. The predicted molar refractivity (Wildman–Crippen MR) is 73.2 cm³/mol. The highest BCUT2D eigenvalue weighted by Crippen LogP contribution is 2.31. The first-order valence-corrected chi connectivity index (χ1v) is 9.46. The Kier molecular flexibility index (Phi) is 2.88. The number of rotatable bonds is 3. The average molecular weight is 267 g/mol. The molecule has 90 valence electrons. The highest BCUT2D eigenvalue weighted by molar-refractivity contribution is 7.13. The van der Waals surface area contributed by atoms with Gasteiger partial charge in [-0.25, -0.2) is 0 Å². The Labute approximate surface area is 104 Å².